The summed E-state index contributed by atoms with van der Waals surface area (Å²) < 4.78 is 0. The standard InChI is InChI=1S/C10H14ClN/c1-8(6-7-12)9-2-4-10(11)5-3-9/h2-5,8H,6-7,12H2,1H3/t8-/m1/s1. The Hall–Kier alpha value is -0.530. The van der Waals surface area contributed by atoms with E-state index in [2.05, 4.69) is 19.1 Å². The number of hydrogen-bond acceptors (Lipinski definition) is 1. The first-order valence-corrected chi connectivity index (χ1v) is 4.57. The second-order valence-electron chi connectivity index (χ2n) is 3.03. The predicted octanol–water partition coefficient (Wildman–Crippen LogP) is 2.79. The van der Waals surface area contributed by atoms with Crippen LogP contribution in [0.15, 0.2) is 24.3 Å². The molecule has 0 heterocycles. The van der Waals surface area contributed by atoms with Crippen molar-refractivity contribution < 1.29 is 0 Å². The lowest BCUT2D eigenvalue weighted by molar-refractivity contribution is 0.690. The van der Waals surface area contributed by atoms with Gasteiger partial charge < -0.3 is 5.73 Å². The zero-order valence-electron chi connectivity index (χ0n) is 7.26. The van der Waals surface area contributed by atoms with E-state index in [0.29, 0.717) is 5.92 Å². The van der Waals surface area contributed by atoms with Gasteiger partial charge in [-0.2, -0.15) is 0 Å². The summed E-state index contributed by atoms with van der Waals surface area (Å²) in [6.07, 6.45) is 1.03. The van der Waals surface area contributed by atoms with Gasteiger partial charge in [-0.1, -0.05) is 30.7 Å². The summed E-state index contributed by atoms with van der Waals surface area (Å²) in [6, 6.07) is 7.96. The number of halogens is 1. The van der Waals surface area contributed by atoms with Gasteiger partial charge in [0.25, 0.3) is 0 Å². The summed E-state index contributed by atoms with van der Waals surface area (Å²) in [7, 11) is 0. The molecule has 1 aromatic carbocycles. The third kappa shape index (κ3) is 2.50. The van der Waals surface area contributed by atoms with Crippen molar-refractivity contribution >= 4 is 11.6 Å². The molecule has 12 heavy (non-hydrogen) atoms. The molecule has 2 N–H and O–H groups in total. The summed E-state index contributed by atoms with van der Waals surface area (Å²) in [4.78, 5) is 0. The maximum absolute atomic E-state index is 5.77. The zero-order valence-corrected chi connectivity index (χ0v) is 8.01. The molecule has 0 spiro atoms. The van der Waals surface area contributed by atoms with Gasteiger partial charge in [0.15, 0.2) is 0 Å². The molecule has 0 unspecified atom stereocenters. The molecule has 2 heteroatoms. The van der Waals surface area contributed by atoms with Gasteiger partial charge in [0.05, 0.1) is 0 Å². The topological polar surface area (TPSA) is 26.0 Å². The highest BCUT2D eigenvalue weighted by atomic mass is 35.5. The molecule has 0 saturated carbocycles. The first kappa shape index (κ1) is 9.56. The van der Waals surface area contributed by atoms with Crippen molar-refractivity contribution in [2.75, 3.05) is 6.54 Å². The third-order valence-corrected chi connectivity index (χ3v) is 2.29. The fraction of sp³-hybridized carbons (Fsp3) is 0.400. The highest BCUT2D eigenvalue weighted by Crippen LogP contribution is 2.19. The Morgan fingerprint density at radius 3 is 2.42 bits per heavy atom. The number of rotatable bonds is 3. The summed E-state index contributed by atoms with van der Waals surface area (Å²) >= 11 is 5.77. The smallest absolute Gasteiger partial charge is 0.0406 e. The van der Waals surface area contributed by atoms with Crippen molar-refractivity contribution in [2.45, 2.75) is 19.3 Å². The van der Waals surface area contributed by atoms with E-state index in [0.717, 1.165) is 18.0 Å². The van der Waals surface area contributed by atoms with Gasteiger partial charge in [-0.3, -0.25) is 0 Å². The number of nitrogens with two attached hydrogens (primary N) is 1. The van der Waals surface area contributed by atoms with Crippen LogP contribution in [0.25, 0.3) is 0 Å². The summed E-state index contributed by atoms with van der Waals surface area (Å²) in [6.45, 7) is 2.92. The van der Waals surface area contributed by atoms with E-state index in [9.17, 15) is 0 Å². The van der Waals surface area contributed by atoms with Crippen LogP contribution in [0.2, 0.25) is 5.02 Å². The lowest BCUT2D eigenvalue weighted by atomic mass is 9.98. The monoisotopic (exact) mass is 183 g/mol. The second kappa shape index (κ2) is 4.48. The molecular weight excluding hydrogens is 170 g/mol. The zero-order chi connectivity index (χ0) is 8.97. The first-order chi connectivity index (χ1) is 5.74. The van der Waals surface area contributed by atoms with E-state index in [-0.39, 0.29) is 0 Å². The predicted molar refractivity (Wildman–Crippen MR) is 53.5 cm³/mol. The molecule has 0 fully saturated rings. The molecule has 0 aliphatic carbocycles. The minimum absolute atomic E-state index is 0.535. The molecule has 1 aromatic rings. The van der Waals surface area contributed by atoms with Gasteiger partial charge in [-0.15, -0.1) is 0 Å². The quantitative estimate of drug-likeness (QED) is 0.767. The van der Waals surface area contributed by atoms with Crippen LogP contribution in [-0.4, -0.2) is 6.54 Å². The van der Waals surface area contributed by atoms with Gasteiger partial charge in [0.2, 0.25) is 0 Å². The van der Waals surface area contributed by atoms with Crippen molar-refractivity contribution in [3.05, 3.63) is 34.9 Å². The van der Waals surface area contributed by atoms with Crippen molar-refractivity contribution in [3.8, 4) is 0 Å². The van der Waals surface area contributed by atoms with Crippen molar-refractivity contribution in [3.63, 3.8) is 0 Å². The average molecular weight is 184 g/mol. The molecule has 0 amide bonds. The van der Waals surface area contributed by atoms with E-state index < -0.39 is 0 Å². The molecule has 1 rings (SSSR count). The van der Waals surface area contributed by atoms with Crippen LogP contribution in [0.1, 0.15) is 24.8 Å². The fourth-order valence-corrected chi connectivity index (χ4v) is 1.33. The average Bonchev–Trinajstić information content (AvgIpc) is 2.06. The summed E-state index contributed by atoms with van der Waals surface area (Å²) in [5.74, 6) is 0.535. The third-order valence-electron chi connectivity index (χ3n) is 2.04. The van der Waals surface area contributed by atoms with E-state index >= 15 is 0 Å². The Balaban J connectivity index is 2.68. The van der Waals surface area contributed by atoms with Gasteiger partial charge >= 0.3 is 0 Å². The van der Waals surface area contributed by atoms with Crippen LogP contribution in [0, 0.1) is 0 Å². The van der Waals surface area contributed by atoms with Crippen LogP contribution in [0.3, 0.4) is 0 Å². The molecule has 0 aliphatic rings. The van der Waals surface area contributed by atoms with Gasteiger partial charge in [-0.05, 0) is 36.6 Å². The van der Waals surface area contributed by atoms with Gasteiger partial charge in [0, 0.05) is 5.02 Å². The molecular formula is C10H14ClN. The Kier molecular flexibility index (Phi) is 3.57. The lowest BCUT2D eigenvalue weighted by Gasteiger charge is -2.09. The number of benzene rings is 1. The molecule has 0 aromatic heterocycles. The summed E-state index contributed by atoms with van der Waals surface area (Å²) in [5, 5.41) is 0.790. The maximum atomic E-state index is 5.77. The lowest BCUT2D eigenvalue weighted by Crippen LogP contribution is -2.04. The molecule has 0 aliphatic heterocycles. The minimum atomic E-state index is 0.535. The highest BCUT2D eigenvalue weighted by molar-refractivity contribution is 6.30. The molecule has 0 bridgehead atoms. The van der Waals surface area contributed by atoms with E-state index in [1.807, 2.05) is 12.1 Å². The van der Waals surface area contributed by atoms with Crippen LogP contribution in [0.5, 0.6) is 0 Å². The number of hydrogen-bond donors (Lipinski definition) is 1. The van der Waals surface area contributed by atoms with Gasteiger partial charge in [0.1, 0.15) is 0 Å². The highest BCUT2D eigenvalue weighted by Gasteiger charge is 2.02. The fourth-order valence-electron chi connectivity index (χ4n) is 1.21. The minimum Gasteiger partial charge on any atom is -0.330 e. The Bertz CT molecular complexity index is 230. The molecule has 1 atom stereocenters. The van der Waals surface area contributed by atoms with E-state index in [4.69, 9.17) is 17.3 Å². The largest absolute Gasteiger partial charge is 0.330 e. The van der Waals surface area contributed by atoms with Crippen LogP contribution >= 0.6 is 11.6 Å². The van der Waals surface area contributed by atoms with E-state index in [1.165, 1.54) is 5.56 Å². The summed E-state index contributed by atoms with van der Waals surface area (Å²) in [5.41, 5.74) is 6.78. The van der Waals surface area contributed by atoms with Crippen LogP contribution < -0.4 is 5.73 Å². The Labute approximate surface area is 78.5 Å². The van der Waals surface area contributed by atoms with Crippen LogP contribution in [0.4, 0.5) is 0 Å². The molecule has 0 radical (unpaired) electrons. The molecule has 1 nitrogen and oxygen atoms in total. The van der Waals surface area contributed by atoms with Crippen LogP contribution in [-0.2, 0) is 0 Å². The normalized spacial score (nSPS) is 12.9. The Morgan fingerprint density at radius 2 is 1.92 bits per heavy atom. The molecule has 0 saturated heterocycles. The van der Waals surface area contributed by atoms with Crippen molar-refractivity contribution in [2.24, 2.45) is 5.73 Å². The van der Waals surface area contributed by atoms with Gasteiger partial charge in [-0.25, -0.2) is 0 Å². The first-order valence-electron chi connectivity index (χ1n) is 4.19. The van der Waals surface area contributed by atoms with Crippen molar-refractivity contribution in [1.82, 2.24) is 0 Å². The Morgan fingerprint density at radius 1 is 1.33 bits per heavy atom. The van der Waals surface area contributed by atoms with E-state index in [1.54, 1.807) is 0 Å². The second-order valence-corrected chi connectivity index (χ2v) is 3.47. The van der Waals surface area contributed by atoms with Crippen molar-refractivity contribution in [1.29, 1.82) is 0 Å². The molecule has 66 valence electrons. The maximum Gasteiger partial charge on any atom is 0.0406 e. The SMILES string of the molecule is C[C@H](CCN)c1ccc(Cl)cc1.